The maximum atomic E-state index is 5.35. The van der Waals surface area contributed by atoms with E-state index >= 15 is 0 Å². The molecule has 0 heterocycles. The molecule has 0 bridgehead atoms. The lowest BCUT2D eigenvalue weighted by Gasteiger charge is -2.36. The third-order valence-corrected chi connectivity index (χ3v) is 5.43. The maximum absolute atomic E-state index is 5.35. The van der Waals surface area contributed by atoms with Gasteiger partial charge in [0.25, 0.3) is 0 Å². The summed E-state index contributed by atoms with van der Waals surface area (Å²) >= 11 is 0. The van der Waals surface area contributed by atoms with Gasteiger partial charge in [0.2, 0.25) is 0 Å². The Morgan fingerprint density at radius 2 is 0.929 bits per heavy atom. The molecule has 0 N–H and O–H groups in total. The van der Waals surface area contributed by atoms with E-state index in [9.17, 15) is 0 Å². The molecule has 1 heteroatoms. The van der Waals surface area contributed by atoms with Crippen molar-refractivity contribution >= 4 is 0 Å². The van der Waals surface area contributed by atoms with E-state index in [-0.39, 0.29) is 5.41 Å². The van der Waals surface area contributed by atoms with E-state index in [1.807, 2.05) is 12.1 Å². The molecule has 0 radical (unpaired) electrons. The highest BCUT2D eigenvalue weighted by Gasteiger charge is 2.36. The van der Waals surface area contributed by atoms with Gasteiger partial charge in [0.05, 0.1) is 7.11 Å². The molecule has 0 atom stereocenters. The summed E-state index contributed by atoms with van der Waals surface area (Å²) in [6.07, 6.45) is 0.870. The molecule has 0 amide bonds. The second-order valence-electron chi connectivity index (χ2n) is 7.03. The smallest absolute Gasteiger partial charge is 0.118 e. The Balaban J connectivity index is 1.95. The molecule has 0 saturated heterocycles. The van der Waals surface area contributed by atoms with Crippen LogP contribution in [0.3, 0.4) is 0 Å². The summed E-state index contributed by atoms with van der Waals surface area (Å²) < 4.78 is 5.35. The molecule has 0 aromatic heterocycles. The fourth-order valence-corrected chi connectivity index (χ4v) is 4.02. The predicted molar refractivity (Wildman–Crippen MR) is 116 cm³/mol. The van der Waals surface area contributed by atoms with Gasteiger partial charge in [0.1, 0.15) is 5.75 Å². The third kappa shape index (κ3) is 3.44. The van der Waals surface area contributed by atoms with Gasteiger partial charge in [-0.05, 0) is 40.8 Å². The van der Waals surface area contributed by atoms with Gasteiger partial charge in [-0.3, -0.25) is 0 Å². The zero-order valence-electron chi connectivity index (χ0n) is 16.1. The normalized spacial score (nSPS) is 11.2. The minimum atomic E-state index is -0.266. The number of benzene rings is 4. The molecule has 4 rings (SSSR count). The first-order valence-electron chi connectivity index (χ1n) is 9.62. The monoisotopic (exact) mass is 364 g/mol. The number of methoxy groups -OCH3 is 1. The molecule has 0 aliphatic carbocycles. The van der Waals surface area contributed by atoms with Crippen LogP contribution in [-0.2, 0) is 11.8 Å². The summed E-state index contributed by atoms with van der Waals surface area (Å²) in [5, 5.41) is 0. The Kier molecular flexibility index (Phi) is 5.25. The van der Waals surface area contributed by atoms with E-state index < -0.39 is 0 Å². The van der Waals surface area contributed by atoms with Crippen LogP contribution in [0.2, 0.25) is 0 Å². The average Bonchev–Trinajstić information content (AvgIpc) is 2.80. The zero-order valence-corrected chi connectivity index (χ0v) is 16.1. The van der Waals surface area contributed by atoms with Crippen molar-refractivity contribution in [3.8, 4) is 5.75 Å². The van der Waals surface area contributed by atoms with Gasteiger partial charge < -0.3 is 4.74 Å². The summed E-state index contributed by atoms with van der Waals surface area (Å²) in [5.74, 6) is 0.883. The van der Waals surface area contributed by atoms with Gasteiger partial charge in [0.15, 0.2) is 0 Å². The van der Waals surface area contributed by atoms with Gasteiger partial charge in [-0.15, -0.1) is 0 Å². The lowest BCUT2D eigenvalue weighted by molar-refractivity contribution is 0.414. The quantitative estimate of drug-likeness (QED) is 0.366. The molecule has 0 spiro atoms. The number of ether oxygens (including phenoxy) is 1. The first-order valence-corrected chi connectivity index (χ1v) is 9.62. The van der Waals surface area contributed by atoms with Crippen molar-refractivity contribution in [2.75, 3.05) is 7.11 Å². The summed E-state index contributed by atoms with van der Waals surface area (Å²) in [4.78, 5) is 0. The van der Waals surface area contributed by atoms with Crippen LogP contribution in [0.4, 0.5) is 0 Å². The largest absolute Gasteiger partial charge is 0.497 e. The Labute approximate surface area is 167 Å². The highest BCUT2D eigenvalue weighted by molar-refractivity contribution is 5.52. The standard InChI is InChI=1S/C27H24O/c1-28-26-19-17-22(18-20-26)21-27(23-11-5-2-6-12-23,24-13-7-3-8-14-24)25-15-9-4-10-16-25/h2-20H,21H2,1H3. The van der Waals surface area contributed by atoms with Crippen LogP contribution >= 0.6 is 0 Å². The van der Waals surface area contributed by atoms with Crippen LogP contribution in [0.1, 0.15) is 22.3 Å². The highest BCUT2D eigenvalue weighted by Crippen LogP contribution is 2.42. The minimum absolute atomic E-state index is 0.266. The Bertz CT molecular complexity index is 894. The van der Waals surface area contributed by atoms with Gasteiger partial charge >= 0.3 is 0 Å². The summed E-state index contributed by atoms with van der Waals surface area (Å²) in [5.41, 5.74) is 4.89. The second kappa shape index (κ2) is 8.14. The molecule has 0 fully saturated rings. The van der Waals surface area contributed by atoms with Crippen LogP contribution in [0.5, 0.6) is 5.75 Å². The molecule has 4 aromatic carbocycles. The van der Waals surface area contributed by atoms with E-state index in [1.54, 1.807) is 7.11 Å². The van der Waals surface area contributed by atoms with Crippen molar-refractivity contribution in [1.29, 1.82) is 0 Å². The van der Waals surface area contributed by atoms with E-state index in [1.165, 1.54) is 22.3 Å². The van der Waals surface area contributed by atoms with Crippen LogP contribution in [0, 0.1) is 0 Å². The Morgan fingerprint density at radius 1 is 0.536 bits per heavy atom. The van der Waals surface area contributed by atoms with E-state index in [0.29, 0.717) is 0 Å². The van der Waals surface area contributed by atoms with Crippen molar-refractivity contribution in [1.82, 2.24) is 0 Å². The summed E-state index contributed by atoms with van der Waals surface area (Å²) in [6, 6.07) is 40.9. The third-order valence-electron chi connectivity index (χ3n) is 5.43. The topological polar surface area (TPSA) is 9.23 Å². The molecule has 4 aromatic rings. The van der Waals surface area contributed by atoms with Crippen molar-refractivity contribution in [2.45, 2.75) is 11.8 Å². The first-order chi connectivity index (χ1) is 13.8. The van der Waals surface area contributed by atoms with Crippen molar-refractivity contribution < 1.29 is 4.74 Å². The molecular formula is C27H24O. The summed E-state index contributed by atoms with van der Waals surface area (Å²) in [6.45, 7) is 0. The number of hydrogen-bond donors (Lipinski definition) is 0. The second-order valence-corrected chi connectivity index (χ2v) is 7.03. The minimum Gasteiger partial charge on any atom is -0.497 e. The maximum Gasteiger partial charge on any atom is 0.118 e. The fraction of sp³-hybridized carbons (Fsp3) is 0.111. The van der Waals surface area contributed by atoms with Crippen LogP contribution in [0.25, 0.3) is 0 Å². The van der Waals surface area contributed by atoms with Gasteiger partial charge in [-0.1, -0.05) is 103 Å². The predicted octanol–water partition coefficient (Wildman–Crippen LogP) is 6.27. The van der Waals surface area contributed by atoms with Crippen molar-refractivity contribution in [3.05, 3.63) is 138 Å². The molecule has 1 nitrogen and oxygen atoms in total. The van der Waals surface area contributed by atoms with Crippen LogP contribution < -0.4 is 4.74 Å². The van der Waals surface area contributed by atoms with Gasteiger partial charge in [0, 0.05) is 5.41 Å². The van der Waals surface area contributed by atoms with Gasteiger partial charge in [-0.2, -0.15) is 0 Å². The van der Waals surface area contributed by atoms with E-state index in [0.717, 1.165) is 12.2 Å². The van der Waals surface area contributed by atoms with Crippen LogP contribution in [-0.4, -0.2) is 7.11 Å². The Hall–Kier alpha value is -3.32. The van der Waals surface area contributed by atoms with Gasteiger partial charge in [-0.25, -0.2) is 0 Å². The average molecular weight is 364 g/mol. The SMILES string of the molecule is COc1ccc(CC(c2ccccc2)(c2ccccc2)c2ccccc2)cc1. The lowest BCUT2D eigenvalue weighted by atomic mass is 9.66. The van der Waals surface area contributed by atoms with Crippen molar-refractivity contribution in [2.24, 2.45) is 0 Å². The fourth-order valence-electron chi connectivity index (χ4n) is 4.02. The zero-order chi connectivity index (χ0) is 19.2. The number of hydrogen-bond acceptors (Lipinski definition) is 1. The Morgan fingerprint density at radius 3 is 1.29 bits per heavy atom. The molecule has 28 heavy (non-hydrogen) atoms. The molecule has 0 aliphatic heterocycles. The van der Waals surface area contributed by atoms with Crippen molar-refractivity contribution in [3.63, 3.8) is 0 Å². The molecule has 0 aliphatic rings. The van der Waals surface area contributed by atoms with Crippen LogP contribution in [0.15, 0.2) is 115 Å². The molecule has 0 saturated carbocycles. The molecule has 138 valence electrons. The molecule has 0 unspecified atom stereocenters. The first kappa shape index (κ1) is 18.1. The lowest BCUT2D eigenvalue weighted by Crippen LogP contribution is -2.32. The molecular weight excluding hydrogens is 340 g/mol. The van der Waals surface area contributed by atoms with E-state index in [4.69, 9.17) is 4.74 Å². The van der Waals surface area contributed by atoms with E-state index in [2.05, 4.69) is 103 Å². The highest BCUT2D eigenvalue weighted by atomic mass is 16.5. The summed E-state index contributed by atoms with van der Waals surface area (Å²) in [7, 11) is 1.71. The number of rotatable bonds is 6.